The summed E-state index contributed by atoms with van der Waals surface area (Å²) in [5.74, 6) is 1.57. The number of amides is 2. The summed E-state index contributed by atoms with van der Waals surface area (Å²) in [6.45, 7) is 4.23. The van der Waals surface area contributed by atoms with E-state index in [4.69, 9.17) is 4.42 Å². The number of likely N-dealkylation sites (tertiary alicyclic amines) is 1. The van der Waals surface area contributed by atoms with Gasteiger partial charge in [0.2, 0.25) is 0 Å². The number of nitrogens with zero attached hydrogens (tertiary/aromatic N) is 3. The van der Waals surface area contributed by atoms with Crippen LogP contribution in [0.15, 0.2) is 57.4 Å². The van der Waals surface area contributed by atoms with Gasteiger partial charge in [-0.05, 0) is 55.5 Å². The van der Waals surface area contributed by atoms with E-state index in [9.17, 15) is 4.79 Å². The summed E-state index contributed by atoms with van der Waals surface area (Å²) in [5.41, 5.74) is 2.99. The van der Waals surface area contributed by atoms with Crippen molar-refractivity contribution in [1.82, 2.24) is 15.2 Å². The second-order valence-electron chi connectivity index (χ2n) is 8.55. The molecule has 6 nitrogen and oxygen atoms in total. The summed E-state index contributed by atoms with van der Waals surface area (Å²) in [5, 5.41) is 3.17. The Kier molecular flexibility index (Phi) is 5.85. The Morgan fingerprint density at radius 3 is 2.74 bits per heavy atom. The van der Waals surface area contributed by atoms with Gasteiger partial charge in [-0.15, -0.1) is 0 Å². The molecule has 1 N–H and O–H groups in total. The number of aromatic nitrogens is 1. The number of carbonyl (C=O) groups excluding carboxylic acids is 1. The molecule has 0 saturated carbocycles. The molecule has 2 saturated heterocycles. The molecule has 2 aliphatic heterocycles. The Balaban J connectivity index is 1.09. The third kappa shape index (κ3) is 4.56. The smallest absolute Gasteiger partial charge is 0.317 e. The molecular formula is C24H27BrN4O2. The monoisotopic (exact) mass is 482 g/mol. The Bertz CT molecular complexity index is 1030. The average molecular weight is 483 g/mol. The summed E-state index contributed by atoms with van der Waals surface area (Å²) in [6, 6.07) is 16.3. The quantitative estimate of drug-likeness (QED) is 0.567. The largest absolute Gasteiger partial charge is 0.440 e. The highest BCUT2D eigenvalue weighted by Gasteiger charge is 2.28. The third-order valence-corrected chi connectivity index (χ3v) is 6.94. The Morgan fingerprint density at radius 2 is 1.94 bits per heavy atom. The van der Waals surface area contributed by atoms with Crippen molar-refractivity contribution in [2.24, 2.45) is 5.92 Å². The van der Waals surface area contributed by atoms with Crippen molar-refractivity contribution in [3.8, 4) is 0 Å². The SMILES string of the molecule is O=C(NCC1CCN(c2cccc(Br)c2)C1)N1CCC(c2nc3ccccc3o2)CC1. The van der Waals surface area contributed by atoms with Crippen molar-refractivity contribution in [1.29, 1.82) is 0 Å². The van der Waals surface area contributed by atoms with Crippen molar-refractivity contribution in [3.63, 3.8) is 0 Å². The number of nitrogens with one attached hydrogen (secondary N) is 1. The summed E-state index contributed by atoms with van der Waals surface area (Å²) in [4.78, 5) is 21.7. The first-order valence-electron chi connectivity index (χ1n) is 11.0. The lowest BCUT2D eigenvalue weighted by molar-refractivity contribution is 0.176. The zero-order valence-corrected chi connectivity index (χ0v) is 19.1. The minimum atomic E-state index is 0.0527. The number of para-hydroxylation sites is 2. The van der Waals surface area contributed by atoms with Crippen LogP contribution in [0.25, 0.3) is 11.1 Å². The number of oxazole rings is 1. The van der Waals surface area contributed by atoms with Crippen LogP contribution in [-0.2, 0) is 0 Å². The molecule has 7 heteroatoms. The number of urea groups is 1. The van der Waals surface area contributed by atoms with E-state index < -0.39 is 0 Å². The van der Waals surface area contributed by atoms with E-state index in [0.29, 0.717) is 5.92 Å². The van der Waals surface area contributed by atoms with Crippen molar-refractivity contribution in [3.05, 3.63) is 58.9 Å². The first-order valence-corrected chi connectivity index (χ1v) is 11.8. The molecule has 0 radical (unpaired) electrons. The second kappa shape index (κ2) is 8.91. The van der Waals surface area contributed by atoms with Gasteiger partial charge in [0.15, 0.2) is 11.5 Å². The first kappa shape index (κ1) is 20.4. The van der Waals surface area contributed by atoms with Crippen molar-refractivity contribution >= 4 is 38.7 Å². The maximum absolute atomic E-state index is 12.7. The number of hydrogen-bond acceptors (Lipinski definition) is 4. The number of rotatable bonds is 4. The molecule has 2 aliphatic rings. The minimum absolute atomic E-state index is 0.0527. The predicted molar refractivity (Wildman–Crippen MR) is 125 cm³/mol. The number of hydrogen-bond donors (Lipinski definition) is 1. The summed E-state index contributed by atoms with van der Waals surface area (Å²) >= 11 is 3.55. The molecule has 2 amide bonds. The Hall–Kier alpha value is -2.54. The summed E-state index contributed by atoms with van der Waals surface area (Å²) < 4.78 is 7.03. The fourth-order valence-corrected chi connectivity index (χ4v) is 5.03. The van der Waals surface area contributed by atoms with E-state index in [0.717, 1.165) is 73.4 Å². The van der Waals surface area contributed by atoms with Crippen molar-refractivity contribution < 1.29 is 9.21 Å². The number of piperidine rings is 1. The normalized spacial score (nSPS) is 19.8. The van der Waals surface area contributed by atoms with Gasteiger partial charge in [-0.25, -0.2) is 9.78 Å². The van der Waals surface area contributed by atoms with Gasteiger partial charge in [0.05, 0.1) is 0 Å². The van der Waals surface area contributed by atoms with Gasteiger partial charge in [0.25, 0.3) is 0 Å². The van der Waals surface area contributed by atoms with Crippen LogP contribution in [0.2, 0.25) is 0 Å². The maximum atomic E-state index is 12.7. The van der Waals surface area contributed by atoms with Crippen LogP contribution < -0.4 is 10.2 Å². The van der Waals surface area contributed by atoms with Gasteiger partial charge in [-0.2, -0.15) is 0 Å². The Labute approximate surface area is 190 Å². The molecule has 2 fully saturated rings. The number of carbonyl (C=O) groups is 1. The summed E-state index contributed by atoms with van der Waals surface area (Å²) in [6.07, 6.45) is 2.88. The topological polar surface area (TPSA) is 61.6 Å². The highest BCUT2D eigenvalue weighted by atomic mass is 79.9. The molecule has 5 rings (SSSR count). The van der Waals surface area contributed by atoms with Crippen molar-refractivity contribution in [2.45, 2.75) is 25.2 Å². The zero-order valence-electron chi connectivity index (χ0n) is 17.5. The molecule has 0 aliphatic carbocycles. The standard InChI is InChI=1S/C24H27BrN4O2/c25-19-4-3-5-20(14-19)29-11-8-17(16-29)15-26-24(30)28-12-9-18(10-13-28)23-27-21-6-1-2-7-22(21)31-23/h1-7,14,17-18H,8-13,15-16H2,(H,26,30). The van der Waals surface area contributed by atoms with Gasteiger partial charge in [0, 0.05) is 48.8 Å². The van der Waals surface area contributed by atoms with E-state index >= 15 is 0 Å². The van der Waals surface area contributed by atoms with Crippen LogP contribution in [0.1, 0.15) is 31.1 Å². The van der Waals surface area contributed by atoms with Gasteiger partial charge in [0.1, 0.15) is 5.52 Å². The number of halogens is 1. The van der Waals surface area contributed by atoms with E-state index in [2.05, 4.69) is 49.3 Å². The molecule has 2 aromatic carbocycles. The van der Waals surface area contributed by atoms with Crippen molar-refractivity contribution in [2.75, 3.05) is 37.6 Å². The van der Waals surface area contributed by atoms with E-state index in [1.807, 2.05) is 35.2 Å². The minimum Gasteiger partial charge on any atom is -0.440 e. The highest BCUT2D eigenvalue weighted by Crippen LogP contribution is 2.30. The second-order valence-corrected chi connectivity index (χ2v) is 9.46. The molecule has 162 valence electrons. The molecule has 1 atom stereocenters. The maximum Gasteiger partial charge on any atom is 0.317 e. The molecule has 1 aromatic heterocycles. The van der Waals surface area contributed by atoms with Crippen LogP contribution >= 0.6 is 15.9 Å². The van der Waals surface area contributed by atoms with Gasteiger partial charge >= 0.3 is 6.03 Å². The van der Waals surface area contributed by atoms with Crippen LogP contribution in [0.5, 0.6) is 0 Å². The zero-order chi connectivity index (χ0) is 21.2. The lowest BCUT2D eigenvalue weighted by Crippen LogP contribution is -2.45. The van der Waals surface area contributed by atoms with Gasteiger partial charge in [-0.3, -0.25) is 0 Å². The lowest BCUT2D eigenvalue weighted by Gasteiger charge is -2.31. The van der Waals surface area contributed by atoms with Crippen LogP contribution in [0.4, 0.5) is 10.5 Å². The number of benzene rings is 2. The van der Waals surface area contributed by atoms with Gasteiger partial charge < -0.3 is 19.5 Å². The van der Waals surface area contributed by atoms with E-state index in [1.54, 1.807) is 0 Å². The third-order valence-electron chi connectivity index (χ3n) is 6.44. The Morgan fingerprint density at radius 1 is 1.10 bits per heavy atom. The average Bonchev–Trinajstić information content (AvgIpc) is 3.45. The number of anilines is 1. The molecule has 3 heterocycles. The van der Waals surface area contributed by atoms with Crippen LogP contribution in [0.3, 0.4) is 0 Å². The highest BCUT2D eigenvalue weighted by molar-refractivity contribution is 9.10. The van der Waals surface area contributed by atoms with Gasteiger partial charge in [-0.1, -0.05) is 34.1 Å². The van der Waals surface area contributed by atoms with E-state index in [-0.39, 0.29) is 11.9 Å². The predicted octanol–water partition coefficient (Wildman–Crippen LogP) is 5.01. The first-order chi connectivity index (χ1) is 15.2. The fourth-order valence-electron chi connectivity index (χ4n) is 4.64. The summed E-state index contributed by atoms with van der Waals surface area (Å²) in [7, 11) is 0. The molecule has 1 unspecified atom stereocenters. The molecule has 31 heavy (non-hydrogen) atoms. The molecular weight excluding hydrogens is 456 g/mol. The number of fused-ring (bicyclic) bond motifs is 1. The molecule has 0 bridgehead atoms. The van der Waals surface area contributed by atoms with Crippen LogP contribution in [-0.4, -0.2) is 48.6 Å². The lowest BCUT2D eigenvalue weighted by atomic mass is 9.97. The van der Waals surface area contributed by atoms with Crippen LogP contribution in [0, 0.1) is 5.92 Å². The molecule has 3 aromatic rings. The molecule has 0 spiro atoms. The fraction of sp³-hybridized carbons (Fsp3) is 0.417. The van der Waals surface area contributed by atoms with E-state index in [1.165, 1.54) is 5.69 Å².